The number of thioether (sulfide) groups is 1. The second-order valence-corrected chi connectivity index (χ2v) is 11.0. The number of carbonyl (C=O) groups is 1. The summed E-state index contributed by atoms with van der Waals surface area (Å²) in [5.74, 6) is 1.95. The summed E-state index contributed by atoms with van der Waals surface area (Å²) in [5.41, 5.74) is 3.07. The van der Waals surface area contributed by atoms with Crippen LogP contribution in [0, 0.1) is 18.3 Å². The van der Waals surface area contributed by atoms with Crippen LogP contribution in [0.1, 0.15) is 53.8 Å². The second kappa shape index (κ2) is 15.0. The monoisotopic (exact) mass is 638 g/mol. The molecular weight excluding hydrogens is 607 g/mol. The van der Waals surface area contributed by atoms with Gasteiger partial charge in [0, 0.05) is 17.9 Å². The molecule has 0 atom stereocenters. The quantitative estimate of drug-likeness (QED) is 0.126. The first-order valence-corrected chi connectivity index (χ1v) is 15.3. The number of rotatable bonds is 13. The van der Waals surface area contributed by atoms with Gasteiger partial charge in [0.15, 0.2) is 16.6 Å². The van der Waals surface area contributed by atoms with Crippen LogP contribution in [0.4, 0.5) is 8.78 Å². The Bertz CT molecular complexity index is 1620. The molecule has 8 nitrogen and oxygen atoms in total. The molecule has 44 heavy (non-hydrogen) atoms. The van der Waals surface area contributed by atoms with Gasteiger partial charge in [-0.05, 0) is 92.5 Å². The fraction of sp³-hybridized carbons (Fsp3) is 0.312. The van der Waals surface area contributed by atoms with E-state index in [4.69, 9.17) is 26.4 Å². The van der Waals surface area contributed by atoms with Crippen LogP contribution in [-0.2, 0) is 17.0 Å². The molecule has 3 aromatic rings. The average Bonchev–Trinajstić information content (AvgIpc) is 3.27. The Morgan fingerprint density at radius 1 is 1.11 bits per heavy atom. The van der Waals surface area contributed by atoms with Gasteiger partial charge in [-0.15, -0.1) is 11.8 Å². The first-order chi connectivity index (χ1) is 21.2. The van der Waals surface area contributed by atoms with Gasteiger partial charge in [0.25, 0.3) is 12.3 Å². The Balaban J connectivity index is 1.49. The summed E-state index contributed by atoms with van der Waals surface area (Å²) in [6, 6.07) is 14.4. The van der Waals surface area contributed by atoms with E-state index in [2.05, 4.69) is 16.4 Å². The number of pyridine rings is 1. The van der Waals surface area contributed by atoms with Crippen LogP contribution in [0.25, 0.3) is 6.08 Å². The number of hydrogen-bond donors (Lipinski definition) is 1. The molecule has 2 aromatic carbocycles. The predicted octanol–water partition coefficient (Wildman–Crippen LogP) is 6.60. The number of hydrogen-bond acceptors (Lipinski definition) is 8. The Kier molecular flexibility index (Phi) is 11.1. The van der Waals surface area contributed by atoms with Crippen LogP contribution < -0.4 is 19.5 Å². The number of alkyl halides is 2. The predicted molar refractivity (Wildman–Crippen MR) is 169 cm³/mol. The highest BCUT2D eigenvalue weighted by Crippen LogP contribution is 2.33. The summed E-state index contributed by atoms with van der Waals surface area (Å²) >= 11 is 6.64. The number of aryl methyl sites for hydroxylation is 1. The van der Waals surface area contributed by atoms with Crippen molar-refractivity contribution in [2.45, 2.75) is 44.4 Å². The van der Waals surface area contributed by atoms with Gasteiger partial charge in [-0.3, -0.25) is 9.69 Å². The minimum atomic E-state index is -2.75. The number of methoxy groups -OCH3 is 1. The molecule has 0 saturated carbocycles. The zero-order valence-electron chi connectivity index (χ0n) is 24.8. The van der Waals surface area contributed by atoms with E-state index in [1.54, 1.807) is 25.1 Å². The minimum absolute atomic E-state index is 0.225. The second-order valence-electron chi connectivity index (χ2n) is 9.66. The summed E-state index contributed by atoms with van der Waals surface area (Å²) < 4.78 is 43.6. The van der Waals surface area contributed by atoms with Crippen molar-refractivity contribution in [3.63, 3.8) is 0 Å². The number of nitrogens with one attached hydrogen (secondary N) is 1. The molecule has 1 aliphatic heterocycles. The molecule has 1 aliphatic rings. The summed E-state index contributed by atoms with van der Waals surface area (Å²) in [6.45, 7) is 6.83. The van der Waals surface area contributed by atoms with Crippen molar-refractivity contribution in [1.82, 2.24) is 15.2 Å². The molecule has 1 N–H and O–H groups in total. The molecule has 12 heteroatoms. The minimum Gasteiger partial charge on any atom is -0.496 e. The molecule has 0 aliphatic carbocycles. The van der Waals surface area contributed by atoms with Gasteiger partial charge in [-0.2, -0.15) is 5.26 Å². The van der Waals surface area contributed by atoms with Crippen LogP contribution >= 0.6 is 24.0 Å². The third-order valence-electron chi connectivity index (χ3n) is 6.71. The maximum absolute atomic E-state index is 13.4. The molecule has 1 saturated heterocycles. The van der Waals surface area contributed by atoms with Crippen LogP contribution in [0.15, 0.2) is 53.2 Å². The number of aromatic nitrogens is 1. The smallest absolute Gasteiger partial charge is 0.280 e. The van der Waals surface area contributed by atoms with Gasteiger partial charge in [-0.25, -0.2) is 13.8 Å². The van der Waals surface area contributed by atoms with Crippen LogP contribution in [0.2, 0.25) is 0 Å². The van der Waals surface area contributed by atoms with E-state index in [0.29, 0.717) is 71.1 Å². The number of carbonyl (C=O) groups excluding carboxylic acids is 1. The van der Waals surface area contributed by atoms with Gasteiger partial charge >= 0.3 is 0 Å². The van der Waals surface area contributed by atoms with Crippen LogP contribution in [0.5, 0.6) is 17.2 Å². The third-order valence-corrected chi connectivity index (χ3v) is 8.06. The van der Waals surface area contributed by atoms with Gasteiger partial charge in [0.2, 0.25) is 0 Å². The summed E-state index contributed by atoms with van der Waals surface area (Å²) in [4.78, 5) is 18.8. The molecule has 1 amide bonds. The van der Waals surface area contributed by atoms with E-state index >= 15 is 0 Å². The Morgan fingerprint density at radius 3 is 2.52 bits per heavy atom. The van der Waals surface area contributed by atoms with Crippen molar-refractivity contribution >= 4 is 41.1 Å². The lowest BCUT2D eigenvalue weighted by molar-refractivity contribution is -0.122. The van der Waals surface area contributed by atoms with E-state index in [1.165, 1.54) is 29.8 Å². The molecule has 230 valence electrons. The maximum Gasteiger partial charge on any atom is 0.280 e. The van der Waals surface area contributed by atoms with E-state index < -0.39 is 6.43 Å². The SMILES string of the molecule is CCOc1ccc(CCN2C(=O)/C(=C\c3ccc(OC)c(CSc4nc(C(F)F)cc(C)c4C#N)c3)NC2=S)cc1OCC. The number of nitriles is 1. The average molecular weight is 639 g/mol. The van der Waals surface area contributed by atoms with Gasteiger partial charge in [-0.1, -0.05) is 12.1 Å². The van der Waals surface area contributed by atoms with Crippen LogP contribution in [0.3, 0.4) is 0 Å². The fourth-order valence-electron chi connectivity index (χ4n) is 4.60. The Labute approximate surface area is 265 Å². The summed E-state index contributed by atoms with van der Waals surface area (Å²) in [7, 11) is 1.53. The molecule has 1 fully saturated rings. The molecule has 0 bridgehead atoms. The normalized spacial score (nSPS) is 13.8. The summed E-state index contributed by atoms with van der Waals surface area (Å²) in [5, 5.41) is 13.1. The lowest BCUT2D eigenvalue weighted by Crippen LogP contribution is -2.32. The van der Waals surface area contributed by atoms with Crippen molar-refractivity contribution in [3.05, 3.63) is 81.7 Å². The lowest BCUT2D eigenvalue weighted by atomic mass is 10.1. The molecule has 1 aromatic heterocycles. The highest BCUT2D eigenvalue weighted by Gasteiger charge is 2.30. The van der Waals surface area contributed by atoms with E-state index in [1.807, 2.05) is 38.1 Å². The molecule has 2 heterocycles. The highest BCUT2D eigenvalue weighted by atomic mass is 32.2. The van der Waals surface area contributed by atoms with Crippen molar-refractivity contribution in [2.24, 2.45) is 0 Å². The van der Waals surface area contributed by atoms with Gasteiger partial charge in [0.1, 0.15) is 28.2 Å². The summed E-state index contributed by atoms with van der Waals surface area (Å²) in [6.07, 6.45) is -0.490. The molecular formula is C32H32F2N4O4S2. The third kappa shape index (κ3) is 7.65. The first-order valence-electron chi connectivity index (χ1n) is 13.9. The number of ether oxygens (including phenoxy) is 3. The molecule has 0 unspecified atom stereocenters. The van der Waals surface area contributed by atoms with Crippen molar-refractivity contribution < 1.29 is 27.8 Å². The van der Waals surface area contributed by atoms with E-state index in [0.717, 1.165) is 11.1 Å². The van der Waals surface area contributed by atoms with Gasteiger partial charge < -0.3 is 19.5 Å². The Morgan fingerprint density at radius 2 is 1.84 bits per heavy atom. The fourth-order valence-corrected chi connectivity index (χ4v) is 5.92. The highest BCUT2D eigenvalue weighted by molar-refractivity contribution is 7.98. The first kappa shape index (κ1) is 32.7. The van der Waals surface area contributed by atoms with Crippen LogP contribution in [-0.4, -0.2) is 47.8 Å². The number of thiocarbonyl (C=S) groups is 1. The lowest BCUT2D eigenvalue weighted by Gasteiger charge is -2.16. The Hall–Kier alpha value is -4.21. The number of amides is 1. The zero-order chi connectivity index (χ0) is 31.8. The molecule has 4 rings (SSSR count). The van der Waals surface area contributed by atoms with E-state index in [-0.39, 0.29) is 22.2 Å². The topological polar surface area (TPSA) is 96.7 Å². The maximum atomic E-state index is 13.4. The van der Waals surface area contributed by atoms with Gasteiger partial charge in [0.05, 0.1) is 25.9 Å². The standard InChI is InChI=1S/C32H32F2N4O4S2/c1-5-41-27-10-7-20(16-28(27)42-6-2)11-12-38-31(39)25(37-32(38)43)15-21-8-9-26(40-4)22(14-21)18-44-30-23(17-35)19(3)13-24(36-30)29(33)34/h7-10,13-16,29H,5-6,11-12,18H2,1-4H3,(H,37,43)/b25-15+. The molecule has 0 radical (unpaired) electrons. The van der Waals surface area contributed by atoms with E-state index in [9.17, 15) is 18.8 Å². The number of halogens is 2. The largest absolute Gasteiger partial charge is 0.496 e. The number of benzene rings is 2. The number of nitrogens with zero attached hydrogens (tertiary/aromatic N) is 3. The van der Waals surface area contributed by atoms with Crippen molar-refractivity contribution in [3.8, 4) is 23.3 Å². The van der Waals surface area contributed by atoms with Crippen molar-refractivity contribution in [2.75, 3.05) is 26.9 Å². The van der Waals surface area contributed by atoms with Crippen molar-refractivity contribution in [1.29, 1.82) is 5.26 Å². The molecule has 0 spiro atoms. The zero-order valence-corrected chi connectivity index (χ0v) is 26.4.